The summed E-state index contributed by atoms with van der Waals surface area (Å²) in [6.07, 6.45) is 14.2. The molecule has 1 aliphatic rings. The number of hydrogen-bond acceptors (Lipinski definition) is 3. The molecule has 0 aliphatic heterocycles. The SMILES string of the molecule is O=c1[nH]c(NCCC(c2ccccc2)c2ccccc2)c(C2=CCCCC2)n1CCCn1ccnc1. The van der Waals surface area contributed by atoms with Gasteiger partial charge >= 0.3 is 5.69 Å². The summed E-state index contributed by atoms with van der Waals surface area (Å²) < 4.78 is 3.99. The molecule has 2 aromatic heterocycles. The maximum Gasteiger partial charge on any atom is 0.327 e. The van der Waals surface area contributed by atoms with Crippen LogP contribution < -0.4 is 11.0 Å². The first-order valence-corrected chi connectivity index (χ1v) is 13.1. The molecule has 0 amide bonds. The highest BCUT2D eigenvalue weighted by molar-refractivity contribution is 5.72. The molecular weight excluding hydrogens is 446 g/mol. The van der Waals surface area contributed by atoms with Gasteiger partial charge in [-0.25, -0.2) is 9.78 Å². The van der Waals surface area contributed by atoms with Crippen LogP contribution in [0.1, 0.15) is 61.3 Å². The Morgan fingerprint density at radius 3 is 2.36 bits per heavy atom. The van der Waals surface area contributed by atoms with Crippen molar-refractivity contribution in [1.82, 2.24) is 19.1 Å². The van der Waals surface area contributed by atoms with Crippen molar-refractivity contribution in [2.24, 2.45) is 0 Å². The van der Waals surface area contributed by atoms with Crippen LogP contribution in [0.2, 0.25) is 0 Å². The van der Waals surface area contributed by atoms with Crippen LogP contribution in [0.5, 0.6) is 0 Å². The van der Waals surface area contributed by atoms with Crippen molar-refractivity contribution in [2.75, 3.05) is 11.9 Å². The van der Waals surface area contributed by atoms with Crippen LogP contribution >= 0.6 is 0 Å². The number of H-pyrrole nitrogens is 1. The highest BCUT2D eigenvalue weighted by Gasteiger charge is 2.20. The molecule has 0 fully saturated rings. The fourth-order valence-electron chi connectivity index (χ4n) is 5.27. The third-order valence-corrected chi connectivity index (χ3v) is 7.07. The van der Waals surface area contributed by atoms with Gasteiger partial charge in [0.15, 0.2) is 0 Å². The van der Waals surface area contributed by atoms with Crippen molar-refractivity contribution in [3.05, 3.63) is 113 Å². The molecule has 0 saturated carbocycles. The Hall–Kier alpha value is -3.80. The first-order valence-electron chi connectivity index (χ1n) is 13.1. The van der Waals surface area contributed by atoms with E-state index in [1.807, 2.05) is 17.1 Å². The Labute approximate surface area is 212 Å². The molecule has 2 aromatic carbocycles. The zero-order valence-corrected chi connectivity index (χ0v) is 20.8. The zero-order chi connectivity index (χ0) is 24.6. The summed E-state index contributed by atoms with van der Waals surface area (Å²) >= 11 is 0. The van der Waals surface area contributed by atoms with Gasteiger partial charge in [0.25, 0.3) is 0 Å². The molecule has 0 atom stereocenters. The predicted molar refractivity (Wildman–Crippen MR) is 146 cm³/mol. The molecule has 0 saturated heterocycles. The molecule has 4 aromatic rings. The lowest BCUT2D eigenvalue weighted by molar-refractivity contribution is 0.549. The Bertz CT molecular complexity index is 1260. The minimum atomic E-state index is -0.0349. The number of anilines is 1. The lowest BCUT2D eigenvalue weighted by Gasteiger charge is -2.20. The largest absolute Gasteiger partial charge is 0.370 e. The van der Waals surface area contributed by atoms with E-state index in [1.165, 1.54) is 29.5 Å². The number of aromatic amines is 1. The monoisotopic (exact) mass is 481 g/mol. The number of allylic oxidation sites excluding steroid dienone is 2. The minimum absolute atomic E-state index is 0.0349. The van der Waals surface area contributed by atoms with Gasteiger partial charge < -0.3 is 9.88 Å². The molecule has 0 spiro atoms. The van der Waals surface area contributed by atoms with Gasteiger partial charge in [0.2, 0.25) is 0 Å². The van der Waals surface area contributed by atoms with E-state index in [1.54, 1.807) is 6.20 Å². The first kappa shape index (κ1) is 23.9. The average molecular weight is 482 g/mol. The topological polar surface area (TPSA) is 67.6 Å². The van der Waals surface area contributed by atoms with E-state index in [9.17, 15) is 4.79 Å². The van der Waals surface area contributed by atoms with Gasteiger partial charge in [0.1, 0.15) is 5.82 Å². The van der Waals surface area contributed by atoms with E-state index >= 15 is 0 Å². The summed E-state index contributed by atoms with van der Waals surface area (Å²) in [5, 5.41) is 3.61. The number of nitrogens with one attached hydrogen (secondary N) is 2. The van der Waals surface area contributed by atoms with Gasteiger partial charge in [-0.3, -0.25) is 9.55 Å². The highest BCUT2D eigenvalue weighted by atomic mass is 16.1. The summed E-state index contributed by atoms with van der Waals surface area (Å²) in [6.45, 7) is 2.29. The molecular formula is C30H35N5O. The normalized spacial score (nSPS) is 13.6. The number of aromatic nitrogens is 4. The minimum Gasteiger partial charge on any atom is -0.370 e. The van der Waals surface area contributed by atoms with Gasteiger partial charge in [0.05, 0.1) is 12.0 Å². The quantitative estimate of drug-likeness (QED) is 0.274. The Morgan fingerprint density at radius 2 is 1.72 bits per heavy atom. The molecule has 186 valence electrons. The summed E-state index contributed by atoms with van der Waals surface area (Å²) in [6, 6.07) is 21.4. The van der Waals surface area contributed by atoms with Crippen molar-refractivity contribution in [2.45, 2.75) is 57.5 Å². The predicted octanol–water partition coefficient (Wildman–Crippen LogP) is 6.05. The maximum absolute atomic E-state index is 13.1. The van der Waals surface area contributed by atoms with Gasteiger partial charge in [-0.05, 0) is 55.2 Å². The molecule has 36 heavy (non-hydrogen) atoms. The summed E-state index contributed by atoms with van der Waals surface area (Å²) in [4.78, 5) is 20.3. The van der Waals surface area contributed by atoms with Crippen molar-refractivity contribution in [3.8, 4) is 0 Å². The average Bonchev–Trinajstić information content (AvgIpc) is 3.56. The fourth-order valence-corrected chi connectivity index (χ4v) is 5.27. The van der Waals surface area contributed by atoms with Crippen LogP contribution in [0.3, 0.4) is 0 Å². The second-order valence-corrected chi connectivity index (χ2v) is 9.52. The van der Waals surface area contributed by atoms with Crippen LogP contribution in [-0.2, 0) is 13.1 Å². The lowest BCUT2D eigenvalue weighted by Crippen LogP contribution is -2.20. The van der Waals surface area contributed by atoms with Crippen molar-refractivity contribution in [3.63, 3.8) is 0 Å². The Balaban J connectivity index is 1.34. The molecule has 2 heterocycles. The second kappa shape index (κ2) is 11.8. The van der Waals surface area contributed by atoms with E-state index in [0.29, 0.717) is 12.5 Å². The van der Waals surface area contributed by atoms with E-state index < -0.39 is 0 Å². The van der Waals surface area contributed by atoms with Gasteiger partial charge in [-0.2, -0.15) is 0 Å². The number of hydrogen-bond donors (Lipinski definition) is 2. The maximum atomic E-state index is 13.1. The van der Waals surface area contributed by atoms with Crippen molar-refractivity contribution in [1.29, 1.82) is 0 Å². The third-order valence-electron chi connectivity index (χ3n) is 7.07. The van der Waals surface area contributed by atoms with Gasteiger partial charge in [-0.1, -0.05) is 66.7 Å². The molecule has 0 bridgehead atoms. The van der Waals surface area contributed by atoms with Crippen LogP contribution in [-0.4, -0.2) is 25.6 Å². The lowest BCUT2D eigenvalue weighted by atomic mass is 9.88. The summed E-state index contributed by atoms with van der Waals surface area (Å²) in [5.41, 5.74) is 4.92. The number of aryl methyl sites for hydroxylation is 1. The molecule has 6 heteroatoms. The van der Waals surface area contributed by atoms with Gasteiger partial charge in [0, 0.05) is 37.9 Å². The Kier molecular flexibility index (Phi) is 7.81. The van der Waals surface area contributed by atoms with Crippen LogP contribution in [0.4, 0.5) is 5.82 Å². The number of nitrogens with zero attached hydrogens (tertiary/aromatic N) is 3. The van der Waals surface area contributed by atoms with Crippen LogP contribution in [0.15, 0.2) is 90.3 Å². The van der Waals surface area contributed by atoms with E-state index in [-0.39, 0.29) is 5.69 Å². The fraction of sp³-hybridized carbons (Fsp3) is 0.333. The van der Waals surface area contributed by atoms with Crippen molar-refractivity contribution < 1.29 is 0 Å². The number of rotatable bonds is 11. The van der Waals surface area contributed by atoms with Gasteiger partial charge in [-0.15, -0.1) is 0 Å². The molecule has 2 N–H and O–H groups in total. The number of imidazole rings is 2. The van der Waals surface area contributed by atoms with E-state index in [4.69, 9.17) is 0 Å². The number of benzene rings is 2. The first-order chi connectivity index (χ1) is 17.8. The highest BCUT2D eigenvalue weighted by Crippen LogP contribution is 2.32. The molecule has 0 unspecified atom stereocenters. The molecule has 5 rings (SSSR count). The van der Waals surface area contributed by atoms with E-state index in [2.05, 4.69) is 86.6 Å². The standard InChI is InChI=1S/C30H35N5O/c36-30-33-29(32-18-17-27(24-11-4-1-5-12-24)25-13-6-2-7-14-25)28(26-15-8-3-9-16-26)35(30)21-10-20-34-22-19-31-23-34/h1-2,4-7,11-15,19,22-23,27,32H,3,8-10,16-18,20-21H2,(H,33,36). The van der Waals surface area contributed by atoms with E-state index in [0.717, 1.165) is 50.3 Å². The molecule has 0 radical (unpaired) electrons. The summed E-state index contributed by atoms with van der Waals surface area (Å²) in [5.74, 6) is 1.15. The zero-order valence-electron chi connectivity index (χ0n) is 20.8. The van der Waals surface area contributed by atoms with Crippen LogP contribution in [0, 0.1) is 0 Å². The molecule has 1 aliphatic carbocycles. The summed E-state index contributed by atoms with van der Waals surface area (Å²) in [7, 11) is 0. The second-order valence-electron chi connectivity index (χ2n) is 9.52. The van der Waals surface area contributed by atoms with Crippen LogP contribution in [0.25, 0.3) is 5.57 Å². The smallest absolute Gasteiger partial charge is 0.327 e. The Morgan fingerprint density at radius 1 is 0.972 bits per heavy atom. The third kappa shape index (κ3) is 5.70. The van der Waals surface area contributed by atoms with Crippen molar-refractivity contribution >= 4 is 11.4 Å². The molecule has 6 nitrogen and oxygen atoms in total.